The number of hydrogen-bond donors (Lipinski definition) is 0. The SMILES string of the molecule is CCCCCCCCc1csc(-c2c3nc(CCCCCCCC)oc3c(-c3cc(CCCCCCCC)cs3)c3nc(CCCCCCCC)oc23)c1. The average molecular weight is 773 g/mol. The molecule has 0 bridgehead atoms. The van der Waals surface area contributed by atoms with Crippen LogP contribution in [0.15, 0.2) is 31.7 Å². The van der Waals surface area contributed by atoms with Crippen molar-refractivity contribution in [1.82, 2.24) is 9.97 Å². The summed E-state index contributed by atoms with van der Waals surface area (Å²) < 4.78 is 13.8. The zero-order valence-electron chi connectivity index (χ0n) is 34.6. The summed E-state index contributed by atoms with van der Waals surface area (Å²) in [5, 5.41) is 4.73. The van der Waals surface area contributed by atoms with E-state index < -0.39 is 0 Å². The lowest BCUT2D eigenvalue weighted by atomic mass is 10.0. The molecule has 54 heavy (non-hydrogen) atoms. The Morgan fingerprint density at radius 3 is 1.07 bits per heavy atom. The first kappa shape index (κ1) is 42.7. The number of benzene rings is 1. The van der Waals surface area contributed by atoms with Crippen molar-refractivity contribution in [3.63, 3.8) is 0 Å². The van der Waals surface area contributed by atoms with Crippen LogP contribution in [0.1, 0.15) is 205 Å². The molecule has 0 amide bonds. The van der Waals surface area contributed by atoms with E-state index in [4.69, 9.17) is 18.8 Å². The molecule has 0 fully saturated rings. The van der Waals surface area contributed by atoms with Gasteiger partial charge in [-0.05, 0) is 72.5 Å². The number of thiophene rings is 2. The van der Waals surface area contributed by atoms with E-state index in [1.807, 2.05) is 22.7 Å². The molecule has 5 aromatic rings. The van der Waals surface area contributed by atoms with E-state index >= 15 is 0 Å². The topological polar surface area (TPSA) is 52.1 Å². The highest BCUT2D eigenvalue weighted by Gasteiger charge is 2.27. The number of nitrogens with zero attached hydrogens (tertiary/aromatic N) is 2. The number of aromatic nitrogens is 2. The number of unbranched alkanes of at least 4 members (excludes halogenated alkanes) is 20. The van der Waals surface area contributed by atoms with Gasteiger partial charge in [0.15, 0.2) is 22.9 Å². The second-order valence-corrected chi connectivity index (χ2v) is 17.9. The zero-order valence-corrected chi connectivity index (χ0v) is 36.3. The molecule has 0 spiro atoms. The Hall–Kier alpha value is -2.44. The number of aryl methyl sites for hydroxylation is 4. The standard InChI is InChI=1S/C48H72N2O2S2/c1-5-9-13-17-21-25-29-37-33-39(53-35-37)43-45-48(52-41(49-45)31-27-23-19-15-11-7-3)44(40-34-38(36-54-40)30-26-22-18-14-10-6-2)46-47(43)51-42(50-46)32-28-24-20-16-12-8-4/h33-36H,5-32H2,1-4H3. The van der Waals surface area contributed by atoms with Gasteiger partial charge >= 0.3 is 0 Å². The van der Waals surface area contributed by atoms with Crippen LogP contribution < -0.4 is 0 Å². The van der Waals surface area contributed by atoms with Crippen LogP contribution in [0, 0.1) is 0 Å². The van der Waals surface area contributed by atoms with Crippen molar-refractivity contribution in [2.75, 3.05) is 0 Å². The van der Waals surface area contributed by atoms with Gasteiger partial charge in [0.25, 0.3) is 0 Å². The van der Waals surface area contributed by atoms with Gasteiger partial charge in [-0.15, -0.1) is 22.7 Å². The van der Waals surface area contributed by atoms with E-state index in [1.165, 1.54) is 162 Å². The normalized spacial score (nSPS) is 11.9. The van der Waals surface area contributed by atoms with E-state index in [9.17, 15) is 0 Å². The first-order chi connectivity index (χ1) is 26.7. The summed E-state index contributed by atoms with van der Waals surface area (Å²) in [6, 6.07) is 4.82. The number of hydrogen-bond acceptors (Lipinski definition) is 6. The minimum absolute atomic E-state index is 0.857. The number of oxazole rings is 2. The van der Waals surface area contributed by atoms with E-state index in [-0.39, 0.29) is 0 Å². The molecule has 6 heteroatoms. The predicted molar refractivity (Wildman–Crippen MR) is 237 cm³/mol. The lowest BCUT2D eigenvalue weighted by Gasteiger charge is -2.05. The maximum Gasteiger partial charge on any atom is 0.195 e. The van der Waals surface area contributed by atoms with Crippen LogP contribution in [0.4, 0.5) is 0 Å². The second kappa shape index (κ2) is 24.3. The van der Waals surface area contributed by atoms with Gasteiger partial charge in [0, 0.05) is 22.6 Å². The summed E-state index contributed by atoms with van der Waals surface area (Å²) >= 11 is 3.67. The molecule has 298 valence electrons. The van der Waals surface area contributed by atoms with E-state index in [2.05, 4.69) is 50.6 Å². The Kier molecular flexibility index (Phi) is 19.2. The third-order valence-corrected chi connectivity index (χ3v) is 13.2. The van der Waals surface area contributed by atoms with Crippen LogP contribution in [0.2, 0.25) is 0 Å². The highest BCUT2D eigenvalue weighted by Crippen LogP contribution is 2.47. The first-order valence-corrected chi connectivity index (χ1v) is 24.3. The van der Waals surface area contributed by atoms with Crippen LogP contribution in [-0.2, 0) is 25.7 Å². The third kappa shape index (κ3) is 12.8. The highest BCUT2D eigenvalue weighted by atomic mass is 32.1. The summed E-state index contributed by atoms with van der Waals surface area (Å²) in [7, 11) is 0. The number of rotatable bonds is 30. The van der Waals surface area contributed by atoms with Gasteiger partial charge in [-0.1, -0.05) is 156 Å². The summed E-state index contributed by atoms with van der Waals surface area (Å²) in [6.07, 6.45) is 34.9. The molecule has 0 aliphatic carbocycles. The Bertz CT molecular complexity index is 1580. The molecule has 1 aromatic carbocycles. The van der Waals surface area contributed by atoms with Gasteiger partial charge in [-0.3, -0.25) is 0 Å². The lowest BCUT2D eigenvalue weighted by Crippen LogP contribution is -1.88. The van der Waals surface area contributed by atoms with Crippen LogP contribution in [0.5, 0.6) is 0 Å². The van der Waals surface area contributed by atoms with Crippen molar-refractivity contribution in [2.45, 2.75) is 207 Å². The first-order valence-electron chi connectivity index (χ1n) is 22.6. The van der Waals surface area contributed by atoms with Crippen molar-refractivity contribution in [1.29, 1.82) is 0 Å². The van der Waals surface area contributed by atoms with Crippen LogP contribution in [-0.4, -0.2) is 9.97 Å². The Morgan fingerprint density at radius 2 is 0.722 bits per heavy atom. The van der Waals surface area contributed by atoms with Gasteiger partial charge in [0.2, 0.25) is 0 Å². The molecule has 4 nitrogen and oxygen atoms in total. The molecule has 0 aliphatic heterocycles. The lowest BCUT2D eigenvalue weighted by molar-refractivity contribution is 0.505. The summed E-state index contributed by atoms with van der Waals surface area (Å²) in [4.78, 5) is 13.1. The molecule has 0 atom stereocenters. The summed E-state index contributed by atoms with van der Waals surface area (Å²) in [5.41, 5.74) is 8.75. The predicted octanol–water partition coefficient (Wildman–Crippen LogP) is 17.0. The fourth-order valence-electron chi connectivity index (χ4n) is 7.90. The van der Waals surface area contributed by atoms with Crippen molar-refractivity contribution < 1.29 is 8.83 Å². The van der Waals surface area contributed by atoms with E-state index in [0.29, 0.717) is 0 Å². The van der Waals surface area contributed by atoms with Gasteiger partial charge in [0.1, 0.15) is 11.0 Å². The fraction of sp³-hybridized carbons (Fsp3) is 0.667. The summed E-state index contributed by atoms with van der Waals surface area (Å²) in [5.74, 6) is 1.71. The highest BCUT2D eigenvalue weighted by molar-refractivity contribution is 7.14. The second-order valence-electron chi connectivity index (χ2n) is 16.0. The maximum atomic E-state index is 6.88. The molecule has 0 saturated heterocycles. The number of fused-ring (bicyclic) bond motifs is 2. The molecule has 5 rings (SSSR count). The molecular formula is C48H72N2O2S2. The van der Waals surface area contributed by atoms with Gasteiger partial charge in [-0.25, -0.2) is 9.97 Å². The van der Waals surface area contributed by atoms with Crippen molar-refractivity contribution in [3.8, 4) is 20.9 Å². The quantitative estimate of drug-likeness (QED) is 0.0436. The smallest absolute Gasteiger partial charge is 0.195 e. The fourth-order valence-corrected chi connectivity index (χ4v) is 9.88. The van der Waals surface area contributed by atoms with Gasteiger partial charge in [0.05, 0.1) is 11.1 Å². The molecule has 0 N–H and O–H groups in total. The molecule has 0 saturated carbocycles. The zero-order chi connectivity index (χ0) is 37.8. The van der Waals surface area contributed by atoms with E-state index in [0.717, 1.165) is 83.6 Å². The van der Waals surface area contributed by atoms with Gasteiger partial charge in [-0.2, -0.15) is 0 Å². The van der Waals surface area contributed by atoms with E-state index in [1.54, 1.807) is 0 Å². The molecule has 4 aromatic heterocycles. The third-order valence-electron chi connectivity index (χ3n) is 11.2. The Balaban J connectivity index is 1.49. The molecule has 0 unspecified atom stereocenters. The van der Waals surface area contributed by atoms with Crippen molar-refractivity contribution in [3.05, 3.63) is 45.8 Å². The van der Waals surface area contributed by atoms with Gasteiger partial charge < -0.3 is 8.83 Å². The minimum atomic E-state index is 0.857. The monoisotopic (exact) mass is 773 g/mol. The summed E-state index contributed by atoms with van der Waals surface area (Å²) in [6.45, 7) is 9.15. The minimum Gasteiger partial charge on any atom is -0.440 e. The Morgan fingerprint density at radius 1 is 0.407 bits per heavy atom. The van der Waals surface area contributed by atoms with Crippen LogP contribution >= 0.6 is 22.7 Å². The van der Waals surface area contributed by atoms with Crippen molar-refractivity contribution in [2.24, 2.45) is 0 Å². The maximum absolute atomic E-state index is 6.88. The van der Waals surface area contributed by atoms with Crippen LogP contribution in [0.25, 0.3) is 43.1 Å². The molecular weight excluding hydrogens is 701 g/mol. The molecule has 0 radical (unpaired) electrons. The van der Waals surface area contributed by atoms with Crippen molar-refractivity contribution >= 4 is 44.9 Å². The Labute approximate surface area is 336 Å². The molecule has 4 heterocycles. The van der Waals surface area contributed by atoms with Crippen LogP contribution in [0.3, 0.4) is 0 Å². The largest absolute Gasteiger partial charge is 0.440 e. The average Bonchev–Trinajstić information content (AvgIpc) is 4.00. The molecule has 0 aliphatic rings.